The predicted octanol–water partition coefficient (Wildman–Crippen LogP) is 2.56. The van der Waals surface area contributed by atoms with Gasteiger partial charge in [-0.3, -0.25) is 0 Å². The maximum Gasteiger partial charge on any atom is 0.410 e. The second kappa shape index (κ2) is 6.62. The Labute approximate surface area is 129 Å². The number of hydrogen-bond donors (Lipinski definition) is 0. The molecule has 5 nitrogen and oxygen atoms in total. The maximum atomic E-state index is 12.1. The molecule has 2 saturated heterocycles. The molecular weight excluding hydrogens is 326 g/mol. The predicted molar refractivity (Wildman–Crippen MR) is 79.2 cm³/mol. The Kier molecular flexibility index (Phi) is 5.31. The molecule has 116 valence electrons. The second-order valence-corrected chi connectivity index (χ2v) is 7.56. The van der Waals surface area contributed by atoms with E-state index in [0.29, 0.717) is 13.1 Å². The summed E-state index contributed by atoms with van der Waals surface area (Å²) in [6.07, 6.45) is 1.88. The number of ether oxygens (including phenoxy) is 3. The lowest BCUT2D eigenvalue weighted by atomic mass is 10.1. The monoisotopic (exact) mass is 349 g/mol. The lowest BCUT2D eigenvalue weighted by Crippen LogP contribution is -2.37. The fourth-order valence-electron chi connectivity index (χ4n) is 2.40. The van der Waals surface area contributed by atoms with Crippen LogP contribution in [0.3, 0.4) is 0 Å². The summed E-state index contributed by atoms with van der Waals surface area (Å²) >= 11 is 3.61. The van der Waals surface area contributed by atoms with Gasteiger partial charge >= 0.3 is 6.09 Å². The van der Waals surface area contributed by atoms with Gasteiger partial charge in [0.25, 0.3) is 0 Å². The molecule has 0 N–H and O–H groups in total. The number of likely N-dealkylation sites (tertiary alicyclic amines) is 1. The number of halogens is 1. The minimum atomic E-state index is -0.460. The van der Waals surface area contributed by atoms with E-state index in [0.717, 1.165) is 26.1 Å². The lowest BCUT2D eigenvalue weighted by molar-refractivity contribution is -0.0628. The zero-order valence-electron chi connectivity index (χ0n) is 12.4. The normalized spacial score (nSPS) is 28.7. The van der Waals surface area contributed by atoms with Gasteiger partial charge in [-0.1, -0.05) is 15.9 Å². The third-order valence-corrected chi connectivity index (χ3v) is 4.27. The van der Waals surface area contributed by atoms with Crippen LogP contribution in [-0.4, -0.2) is 59.9 Å². The highest BCUT2D eigenvalue weighted by molar-refractivity contribution is 9.09. The van der Waals surface area contributed by atoms with Crippen LogP contribution in [0.1, 0.15) is 33.6 Å². The summed E-state index contributed by atoms with van der Waals surface area (Å²) in [6, 6.07) is 0. The zero-order chi connectivity index (χ0) is 14.8. The largest absolute Gasteiger partial charge is 0.444 e. The van der Waals surface area contributed by atoms with Crippen LogP contribution in [0.2, 0.25) is 0 Å². The van der Waals surface area contributed by atoms with E-state index in [2.05, 4.69) is 15.9 Å². The fraction of sp³-hybridized carbons (Fsp3) is 0.929. The van der Waals surface area contributed by atoms with Gasteiger partial charge in [0.2, 0.25) is 0 Å². The van der Waals surface area contributed by atoms with E-state index in [-0.39, 0.29) is 23.1 Å². The number of alkyl halides is 1. The highest BCUT2D eigenvalue weighted by Crippen LogP contribution is 2.25. The molecule has 1 amide bonds. The van der Waals surface area contributed by atoms with Crippen molar-refractivity contribution in [3.63, 3.8) is 0 Å². The van der Waals surface area contributed by atoms with Crippen LogP contribution in [0.15, 0.2) is 0 Å². The van der Waals surface area contributed by atoms with Gasteiger partial charge in [0, 0.05) is 19.8 Å². The lowest BCUT2D eigenvalue weighted by Gasteiger charge is -2.27. The topological polar surface area (TPSA) is 48.0 Å². The number of rotatable bonds is 2. The number of hydrogen-bond acceptors (Lipinski definition) is 4. The van der Waals surface area contributed by atoms with Crippen LogP contribution in [0.4, 0.5) is 4.79 Å². The third kappa shape index (κ3) is 4.60. The molecule has 0 saturated carbocycles. The SMILES string of the molecule is CC(C)(C)OC(=O)N1CC(Br)C(OC2CCOCC2)C1. The van der Waals surface area contributed by atoms with Crippen molar-refractivity contribution in [3.8, 4) is 0 Å². The van der Waals surface area contributed by atoms with Crippen molar-refractivity contribution in [1.29, 1.82) is 0 Å². The average molecular weight is 350 g/mol. The van der Waals surface area contributed by atoms with E-state index in [1.165, 1.54) is 0 Å². The van der Waals surface area contributed by atoms with Gasteiger partial charge in [-0.25, -0.2) is 4.79 Å². The molecule has 0 radical (unpaired) electrons. The first-order valence-electron chi connectivity index (χ1n) is 7.20. The maximum absolute atomic E-state index is 12.1. The number of nitrogens with zero attached hydrogens (tertiary/aromatic N) is 1. The number of carbonyl (C=O) groups excluding carboxylic acids is 1. The van der Waals surface area contributed by atoms with Crippen molar-refractivity contribution >= 4 is 22.0 Å². The molecule has 2 rings (SSSR count). The van der Waals surface area contributed by atoms with Crippen molar-refractivity contribution in [2.45, 2.75) is 56.2 Å². The van der Waals surface area contributed by atoms with Gasteiger partial charge in [0.1, 0.15) is 5.60 Å². The molecule has 0 spiro atoms. The Bertz CT molecular complexity index is 339. The Morgan fingerprint density at radius 2 is 1.90 bits per heavy atom. The first-order chi connectivity index (χ1) is 9.35. The molecule has 6 heteroatoms. The molecule has 0 aromatic rings. The first-order valence-corrected chi connectivity index (χ1v) is 8.12. The van der Waals surface area contributed by atoms with Crippen molar-refractivity contribution in [3.05, 3.63) is 0 Å². The molecule has 2 heterocycles. The standard InChI is InChI=1S/C14H24BrNO4/c1-14(2,3)20-13(17)16-8-11(15)12(9-16)19-10-4-6-18-7-5-10/h10-12H,4-9H2,1-3H3. The quantitative estimate of drug-likeness (QED) is 0.719. The Balaban J connectivity index is 1.83. The van der Waals surface area contributed by atoms with Crippen LogP contribution < -0.4 is 0 Å². The molecule has 2 atom stereocenters. The van der Waals surface area contributed by atoms with Crippen LogP contribution in [0.25, 0.3) is 0 Å². The first kappa shape index (κ1) is 16.0. The van der Waals surface area contributed by atoms with E-state index in [1.807, 2.05) is 20.8 Å². The fourth-order valence-corrected chi connectivity index (χ4v) is 3.04. The van der Waals surface area contributed by atoms with Crippen LogP contribution in [0, 0.1) is 0 Å². The van der Waals surface area contributed by atoms with Gasteiger partial charge in [0.05, 0.1) is 23.6 Å². The molecular formula is C14H24BrNO4. The van der Waals surface area contributed by atoms with Crippen molar-refractivity contribution in [1.82, 2.24) is 4.90 Å². The Morgan fingerprint density at radius 3 is 2.50 bits per heavy atom. The molecule has 20 heavy (non-hydrogen) atoms. The molecule has 0 aromatic heterocycles. The van der Waals surface area contributed by atoms with E-state index in [1.54, 1.807) is 4.90 Å². The van der Waals surface area contributed by atoms with E-state index in [9.17, 15) is 4.79 Å². The average Bonchev–Trinajstić information content (AvgIpc) is 2.70. The molecule has 2 unspecified atom stereocenters. The summed E-state index contributed by atoms with van der Waals surface area (Å²) < 4.78 is 16.8. The third-order valence-electron chi connectivity index (χ3n) is 3.39. The molecule has 0 aromatic carbocycles. The van der Waals surface area contributed by atoms with E-state index in [4.69, 9.17) is 14.2 Å². The van der Waals surface area contributed by atoms with Gasteiger partial charge in [-0.2, -0.15) is 0 Å². The summed E-state index contributed by atoms with van der Waals surface area (Å²) in [6.45, 7) is 8.37. The second-order valence-electron chi connectivity index (χ2n) is 6.39. The van der Waals surface area contributed by atoms with Crippen LogP contribution in [-0.2, 0) is 14.2 Å². The van der Waals surface area contributed by atoms with E-state index < -0.39 is 5.60 Å². The summed E-state index contributed by atoms with van der Waals surface area (Å²) in [5.74, 6) is 0. The Hall–Kier alpha value is -0.330. The number of amides is 1. The molecule has 0 aliphatic carbocycles. The molecule has 2 fully saturated rings. The van der Waals surface area contributed by atoms with E-state index >= 15 is 0 Å². The minimum Gasteiger partial charge on any atom is -0.444 e. The highest BCUT2D eigenvalue weighted by Gasteiger charge is 2.37. The summed E-state index contributed by atoms with van der Waals surface area (Å²) in [5, 5.41) is 0. The summed E-state index contributed by atoms with van der Waals surface area (Å²) in [7, 11) is 0. The van der Waals surface area contributed by atoms with Gasteiger partial charge in [-0.15, -0.1) is 0 Å². The van der Waals surface area contributed by atoms with Crippen molar-refractivity contribution < 1.29 is 19.0 Å². The van der Waals surface area contributed by atoms with Crippen molar-refractivity contribution in [2.24, 2.45) is 0 Å². The van der Waals surface area contributed by atoms with Gasteiger partial charge in [0.15, 0.2) is 0 Å². The Morgan fingerprint density at radius 1 is 1.25 bits per heavy atom. The molecule has 0 bridgehead atoms. The van der Waals surface area contributed by atoms with Crippen LogP contribution in [0.5, 0.6) is 0 Å². The molecule has 2 aliphatic heterocycles. The summed E-state index contributed by atoms with van der Waals surface area (Å²) in [5.41, 5.74) is -0.460. The zero-order valence-corrected chi connectivity index (χ0v) is 14.0. The highest BCUT2D eigenvalue weighted by atomic mass is 79.9. The van der Waals surface area contributed by atoms with Crippen LogP contribution >= 0.6 is 15.9 Å². The van der Waals surface area contributed by atoms with Gasteiger partial charge < -0.3 is 19.1 Å². The minimum absolute atomic E-state index is 0.0330. The summed E-state index contributed by atoms with van der Waals surface area (Å²) in [4.78, 5) is 13.9. The number of carbonyl (C=O) groups is 1. The molecule has 2 aliphatic rings. The smallest absolute Gasteiger partial charge is 0.410 e. The van der Waals surface area contributed by atoms with Gasteiger partial charge in [-0.05, 0) is 33.6 Å². The van der Waals surface area contributed by atoms with Crippen molar-refractivity contribution in [2.75, 3.05) is 26.3 Å².